The summed E-state index contributed by atoms with van der Waals surface area (Å²) in [5.41, 5.74) is 2.93. The summed E-state index contributed by atoms with van der Waals surface area (Å²) in [7, 11) is 3.93. The molecule has 7 nitrogen and oxygen atoms in total. The number of ether oxygens (including phenoxy) is 2. The standard InChI is InChI=1S/C23H22N4O3S/c1-27(2)14-18-9-8-16(13-24-18)21(28)26-23(31)25-17-10-11-19-20(12-17)30-22(29-19)15-6-4-3-5-7-15/h3-13,22H,14H2,1-2H3,(H2,25,26,28,31). The van der Waals surface area contributed by atoms with Gasteiger partial charge in [0.25, 0.3) is 12.2 Å². The summed E-state index contributed by atoms with van der Waals surface area (Å²) >= 11 is 5.28. The third-order valence-corrected chi connectivity index (χ3v) is 4.74. The Bertz CT molecular complexity index is 1090. The lowest BCUT2D eigenvalue weighted by Crippen LogP contribution is -2.34. The topological polar surface area (TPSA) is 75.7 Å². The molecule has 0 spiro atoms. The van der Waals surface area contributed by atoms with Gasteiger partial charge in [-0.2, -0.15) is 0 Å². The number of hydrogen-bond donors (Lipinski definition) is 2. The Labute approximate surface area is 186 Å². The Morgan fingerprint density at radius 1 is 1.06 bits per heavy atom. The molecule has 158 valence electrons. The van der Waals surface area contributed by atoms with Gasteiger partial charge in [-0.1, -0.05) is 30.3 Å². The average molecular weight is 435 g/mol. The van der Waals surface area contributed by atoms with Crippen LogP contribution < -0.4 is 20.1 Å². The second-order valence-corrected chi connectivity index (χ2v) is 7.73. The highest BCUT2D eigenvalue weighted by Gasteiger charge is 2.26. The molecule has 0 bridgehead atoms. The van der Waals surface area contributed by atoms with E-state index in [1.165, 1.54) is 0 Å². The fourth-order valence-electron chi connectivity index (χ4n) is 3.09. The van der Waals surface area contributed by atoms with Gasteiger partial charge < -0.3 is 19.7 Å². The van der Waals surface area contributed by atoms with Crippen molar-refractivity contribution in [3.63, 3.8) is 0 Å². The molecule has 1 atom stereocenters. The summed E-state index contributed by atoms with van der Waals surface area (Å²) in [5.74, 6) is 0.929. The number of aromatic nitrogens is 1. The van der Waals surface area contributed by atoms with Gasteiger partial charge in [0.05, 0.1) is 11.3 Å². The zero-order chi connectivity index (χ0) is 21.8. The van der Waals surface area contributed by atoms with E-state index >= 15 is 0 Å². The lowest BCUT2D eigenvalue weighted by molar-refractivity contribution is 0.0487. The predicted molar refractivity (Wildman–Crippen MR) is 122 cm³/mol. The van der Waals surface area contributed by atoms with E-state index in [4.69, 9.17) is 21.7 Å². The van der Waals surface area contributed by atoms with Crippen molar-refractivity contribution in [1.82, 2.24) is 15.2 Å². The average Bonchev–Trinajstić information content (AvgIpc) is 3.18. The van der Waals surface area contributed by atoms with Gasteiger partial charge in [0.2, 0.25) is 0 Å². The largest absolute Gasteiger partial charge is 0.447 e. The van der Waals surface area contributed by atoms with Crippen LogP contribution in [0.15, 0.2) is 66.9 Å². The van der Waals surface area contributed by atoms with Gasteiger partial charge >= 0.3 is 0 Å². The van der Waals surface area contributed by atoms with Crippen LogP contribution in [0, 0.1) is 0 Å². The van der Waals surface area contributed by atoms with Crippen molar-refractivity contribution < 1.29 is 14.3 Å². The third-order valence-electron chi connectivity index (χ3n) is 4.53. The molecule has 0 radical (unpaired) electrons. The van der Waals surface area contributed by atoms with Crippen LogP contribution in [0.4, 0.5) is 5.69 Å². The van der Waals surface area contributed by atoms with Crippen LogP contribution in [-0.2, 0) is 6.54 Å². The van der Waals surface area contributed by atoms with Crippen molar-refractivity contribution in [2.45, 2.75) is 12.8 Å². The second-order valence-electron chi connectivity index (χ2n) is 7.32. The molecule has 1 aliphatic rings. The van der Waals surface area contributed by atoms with Crippen LogP contribution >= 0.6 is 12.2 Å². The monoisotopic (exact) mass is 434 g/mol. The van der Waals surface area contributed by atoms with Gasteiger partial charge in [-0.05, 0) is 50.6 Å². The van der Waals surface area contributed by atoms with Crippen molar-refractivity contribution in [3.8, 4) is 11.5 Å². The van der Waals surface area contributed by atoms with Gasteiger partial charge in [-0.3, -0.25) is 15.1 Å². The lowest BCUT2D eigenvalue weighted by Gasteiger charge is -2.11. The first-order valence-electron chi connectivity index (χ1n) is 9.72. The molecule has 0 saturated heterocycles. The molecule has 8 heteroatoms. The van der Waals surface area contributed by atoms with E-state index < -0.39 is 6.29 Å². The Hall–Kier alpha value is -3.49. The molecule has 1 aromatic heterocycles. The summed E-state index contributed by atoms with van der Waals surface area (Å²) in [6.07, 6.45) is 1.06. The van der Waals surface area contributed by atoms with E-state index in [1.54, 1.807) is 24.4 Å². The van der Waals surface area contributed by atoms with Gasteiger partial charge in [-0.15, -0.1) is 0 Å². The summed E-state index contributed by atoms with van der Waals surface area (Å²) in [4.78, 5) is 18.7. The van der Waals surface area contributed by atoms with E-state index in [2.05, 4.69) is 15.6 Å². The normalized spacial score (nSPS) is 14.4. The number of nitrogens with one attached hydrogen (secondary N) is 2. The highest BCUT2D eigenvalue weighted by molar-refractivity contribution is 7.80. The van der Waals surface area contributed by atoms with Gasteiger partial charge in [0.1, 0.15) is 0 Å². The van der Waals surface area contributed by atoms with Crippen molar-refractivity contribution in [2.75, 3.05) is 19.4 Å². The Balaban J connectivity index is 1.35. The second kappa shape index (κ2) is 9.11. The third kappa shape index (κ3) is 5.17. The quantitative estimate of drug-likeness (QED) is 0.593. The zero-order valence-electron chi connectivity index (χ0n) is 17.2. The minimum absolute atomic E-state index is 0.181. The molecule has 4 rings (SSSR count). The fraction of sp³-hybridized carbons (Fsp3) is 0.174. The van der Waals surface area contributed by atoms with Gasteiger partial charge in [0.15, 0.2) is 16.6 Å². The summed E-state index contributed by atoms with van der Waals surface area (Å²) in [6, 6.07) is 18.7. The Morgan fingerprint density at radius 3 is 2.55 bits per heavy atom. The predicted octanol–water partition coefficient (Wildman–Crippen LogP) is 3.74. The molecule has 1 unspecified atom stereocenters. The lowest BCUT2D eigenvalue weighted by atomic mass is 10.2. The molecule has 2 heterocycles. The molecule has 2 N–H and O–H groups in total. The fourth-order valence-corrected chi connectivity index (χ4v) is 3.30. The Morgan fingerprint density at radius 2 is 1.84 bits per heavy atom. The minimum Gasteiger partial charge on any atom is -0.447 e. The molecule has 1 amide bonds. The van der Waals surface area contributed by atoms with Crippen molar-refractivity contribution in [2.24, 2.45) is 0 Å². The molecule has 3 aromatic rings. The molecule has 0 fully saturated rings. The highest BCUT2D eigenvalue weighted by Crippen LogP contribution is 2.41. The van der Waals surface area contributed by atoms with Crippen LogP contribution in [0.1, 0.15) is 27.9 Å². The first-order chi connectivity index (χ1) is 15.0. The van der Waals surface area contributed by atoms with Crippen molar-refractivity contribution in [1.29, 1.82) is 0 Å². The Kier molecular flexibility index (Phi) is 6.11. The van der Waals surface area contributed by atoms with E-state index in [0.29, 0.717) is 29.3 Å². The van der Waals surface area contributed by atoms with E-state index in [1.807, 2.05) is 61.5 Å². The number of carbonyl (C=O) groups is 1. The van der Waals surface area contributed by atoms with Crippen LogP contribution in [0.25, 0.3) is 0 Å². The number of benzene rings is 2. The molecular formula is C23H22N4O3S. The number of nitrogens with zero attached hydrogens (tertiary/aromatic N) is 2. The van der Waals surface area contributed by atoms with Gasteiger partial charge in [0, 0.05) is 30.1 Å². The number of amides is 1. The van der Waals surface area contributed by atoms with Gasteiger partial charge in [-0.25, -0.2) is 0 Å². The molecular weight excluding hydrogens is 412 g/mol. The number of fused-ring (bicyclic) bond motifs is 1. The van der Waals surface area contributed by atoms with Crippen LogP contribution in [0.2, 0.25) is 0 Å². The van der Waals surface area contributed by atoms with E-state index in [9.17, 15) is 4.79 Å². The maximum Gasteiger partial charge on any atom is 0.267 e. The summed E-state index contributed by atoms with van der Waals surface area (Å²) < 4.78 is 11.7. The molecule has 2 aromatic carbocycles. The molecule has 1 aliphatic heterocycles. The number of anilines is 1. The summed E-state index contributed by atoms with van der Waals surface area (Å²) in [6.45, 7) is 0.705. The van der Waals surface area contributed by atoms with E-state index in [-0.39, 0.29) is 11.0 Å². The molecule has 0 aliphatic carbocycles. The van der Waals surface area contributed by atoms with Crippen LogP contribution in [-0.4, -0.2) is 35.0 Å². The first-order valence-corrected chi connectivity index (χ1v) is 10.1. The number of carbonyl (C=O) groups excluding carboxylic acids is 1. The van der Waals surface area contributed by atoms with E-state index in [0.717, 1.165) is 11.3 Å². The van der Waals surface area contributed by atoms with Crippen molar-refractivity contribution >= 4 is 28.9 Å². The zero-order valence-corrected chi connectivity index (χ0v) is 18.0. The maximum absolute atomic E-state index is 12.4. The highest BCUT2D eigenvalue weighted by atomic mass is 32.1. The SMILES string of the molecule is CN(C)Cc1ccc(C(=O)NC(=S)Nc2ccc3c(c2)OC(c2ccccc2)O3)cn1. The molecule has 0 saturated carbocycles. The first kappa shape index (κ1) is 20.8. The number of thiocarbonyl (C=S) groups is 1. The van der Waals surface area contributed by atoms with Crippen LogP contribution in [0.5, 0.6) is 11.5 Å². The minimum atomic E-state index is -0.485. The van der Waals surface area contributed by atoms with Crippen LogP contribution in [0.3, 0.4) is 0 Å². The maximum atomic E-state index is 12.4. The summed E-state index contributed by atoms with van der Waals surface area (Å²) in [5, 5.41) is 5.85. The number of pyridine rings is 1. The molecule has 31 heavy (non-hydrogen) atoms. The van der Waals surface area contributed by atoms with Crippen molar-refractivity contribution in [3.05, 3.63) is 83.7 Å². The smallest absolute Gasteiger partial charge is 0.267 e. The number of hydrogen-bond acceptors (Lipinski definition) is 6. The number of rotatable bonds is 5.